The maximum Gasteiger partial charge on any atom is 0.125 e. The fourth-order valence-electron chi connectivity index (χ4n) is 2.00. The third-order valence-corrected chi connectivity index (χ3v) is 3.09. The van der Waals surface area contributed by atoms with E-state index in [2.05, 4.69) is 11.8 Å². The lowest BCUT2D eigenvalue weighted by Crippen LogP contribution is -2.00. The molecule has 2 rings (SSSR count). The molecule has 0 amide bonds. The van der Waals surface area contributed by atoms with Crippen molar-refractivity contribution in [2.24, 2.45) is 5.73 Å². The molecule has 0 aliphatic heterocycles. The SMILES string of the molecule is COc1ccc(C#CCN)cc1COc1ccccc1C. The number of hydrogen-bond acceptors (Lipinski definition) is 3. The first kappa shape index (κ1) is 15.0. The minimum atomic E-state index is 0.348. The van der Waals surface area contributed by atoms with E-state index in [9.17, 15) is 0 Å². The Hall–Kier alpha value is -2.44. The van der Waals surface area contributed by atoms with Gasteiger partial charge in [0.15, 0.2) is 0 Å². The first-order chi connectivity index (χ1) is 10.2. The minimum absolute atomic E-state index is 0.348. The van der Waals surface area contributed by atoms with Crippen molar-refractivity contribution in [1.29, 1.82) is 0 Å². The van der Waals surface area contributed by atoms with Crippen molar-refractivity contribution in [1.82, 2.24) is 0 Å². The maximum atomic E-state index is 5.87. The maximum absolute atomic E-state index is 5.87. The van der Waals surface area contributed by atoms with Gasteiger partial charge in [-0.25, -0.2) is 0 Å². The van der Waals surface area contributed by atoms with Crippen LogP contribution in [0.4, 0.5) is 0 Å². The third-order valence-electron chi connectivity index (χ3n) is 3.09. The van der Waals surface area contributed by atoms with Crippen molar-refractivity contribution < 1.29 is 9.47 Å². The molecule has 0 atom stereocenters. The summed E-state index contributed by atoms with van der Waals surface area (Å²) in [7, 11) is 1.65. The van der Waals surface area contributed by atoms with Crippen molar-refractivity contribution in [3.8, 4) is 23.3 Å². The van der Waals surface area contributed by atoms with Crippen molar-refractivity contribution >= 4 is 0 Å². The van der Waals surface area contributed by atoms with Crippen LogP contribution in [0.1, 0.15) is 16.7 Å². The summed E-state index contributed by atoms with van der Waals surface area (Å²) in [5.74, 6) is 7.53. The van der Waals surface area contributed by atoms with E-state index in [1.807, 2.05) is 49.4 Å². The summed E-state index contributed by atoms with van der Waals surface area (Å²) in [5.41, 5.74) is 8.38. The predicted octanol–water partition coefficient (Wildman–Crippen LogP) is 2.89. The summed E-state index contributed by atoms with van der Waals surface area (Å²) in [5, 5.41) is 0. The Balaban J connectivity index is 2.19. The Morgan fingerprint density at radius 2 is 1.90 bits per heavy atom. The van der Waals surface area contributed by atoms with Gasteiger partial charge in [0, 0.05) is 11.1 Å². The van der Waals surface area contributed by atoms with Crippen LogP contribution in [-0.4, -0.2) is 13.7 Å². The van der Waals surface area contributed by atoms with Crippen LogP contribution in [0.3, 0.4) is 0 Å². The van der Waals surface area contributed by atoms with Gasteiger partial charge in [-0.2, -0.15) is 0 Å². The van der Waals surface area contributed by atoms with E-state index in [0.29, 0.717) is 13.2 Å². The molecule has 0 aliphatic rings. The van der Waals surface area contributed by atoms with Gasteiger partial charge in [0.1, 0.15) is 18.1 Å². The summed E-state index contributed by atoms with van der Waals surface area (Å²) in [6.45, 7) is 2.81. The Bertz CT molecular complexity index is 668. The number of nitrogens with two attached hydrogens (primary N) is 1. The van der Waals surface area contributed by atoms with Crippen molar-refractivity contribution in [2.75, 3.05) is 13.7 Å². The molecule has 3 nitrogen and oxygen atoms in total. The number of aryl methyl sites for hydroxylation is 1. The molecule has 0 saturated heterocycles. The van der Waals surface area contributed by atoms with Crippen LogP contribution in [0, 0.1) is 18.8 Å². The number of benzene rings is 2. The predicted molar refractivity (Wildman–Crippen MR) is 84.4 cm³/mol. The van der Waals surface area contributed by atoms with Crippen LogP contribution in [0.5, 0.6) is 11.5 Å². The molecule has 0 radical (unpaired) electrons. The summed E-state index contributed by atoms with van der Waals surface area (Å²) in [4.78, 5) is 0. The lowest BCUT2D eigenvalue weighted by molar-refractivity contribution is 0.295. The molecule has 2 aromatic rings. The number of methoxy groups -OCH3 is 1. The van der Waals surface area contributed by atoms with Crippen molar-refractivity contribution in [2.45, 2.75) is 13.5 Å². The summed E-state index contributed by atoms with van der Waals surface area (Å²) in [6.07, 6.45) is 0. The molecule has 21 heavy (non-hydrogen) atoms. The molecule has 3 heteroatoms. The van der Waals surface area contributed by atoms with E-state index in [1.165, 1.54) is 0 Å². The van der Waals surface area contributed by atoms with E-state index >= 15 is 0 Å². The quantitative estimate of drug-likeness (QED) is 0.876. The Kier molecular flexibility index (Phi) is 5.25. The molecule has 0 spiro atoms. The zero-order valence-corrected chi connectivity index (χ0v) is 12.3. The topological polar surface area (TPSA) is 44.5 Å². The zero-order valence-electron chi connectivity index (χ0n) is 12.3. The molecule has 0 unspecified atom stereocenters. The average Bonchev–Trinajstić information content (AvgIpc) is 2.52. The molecule has 2 N–H and O–H groups in total. The Labute approximate surface area is 125 Å². The standard InChI is InChI=1S/C18H19NO2/c1-14-6-3-4-8-17(14)21-13-16-12-15(7-5-11-19)9-10-18(16)20-2/h3-4,6,8-10,12H,11,13,19H2,1-2H3. The molecule has 0 aromatic heterocycles. The number of para-hydroxylation sites is 1. The van der Waals surface area contributed by atoms with Gasteiger partial charge in [0.25, 0.3) is 0 Å². The smallest absolute Gasteiger partial charge is 0.125 e. The van der Waals surface area contributed by atoms with Crippen molar-refractivity contribution in [3.05, 3.63) is 59.2 Å². The van der Waals surface area contributed by atoms with Crippen LogP contribution in [-0.2, 0) is 6.61 Å². The van der Waals surface area contributed by atoms with E-state index in [4.69, 9.17) is 15.2 Å². The Morgan fingerprint density at radius 1 is 1.10 bits per heavy atom. The summed E-state index contributed by atoms with van der Waals surface area (Å²) >= 11 is 0. The summed E-state index contributed by atoms with van der Waals surface area (Å²) in [6, 6.07) is 13.7. The van der Waals surface area contributed by atoms with E-state index < -0.39 is 0 Å². The van der Waals surface area contributed by atoms with Crippen LogP contribution in [0.15, 0.2) is 42.5 Å². The number of hydrogen-bond donors (Lipinski definition) is 1. The van der Waals surface area contributed by atoms with Crippen LogP contribution >= 0.6 is 0 Å². The third kappa shape index (κ3) is 4.01. The van der Waals surface area contributed by atoms with Crippen LogP contribution < -0.4 is 15.2 Å². The van der Waals surface area contributed by atoms with Gasteiger partial charge < -0.3 is 15.2 Å². The highest BCUT2D eigenvalue weighted by Crippen LogP contribution is 2.23. The molecule has 0 fully saturated rings. The van der Waals surface area contributed by atoms with Gasteiger partial charge in [-0.15, -0.1) is 0 Å². The normalized spacial score (nSPS) is 9.67. The van der Waals surface area contributed by atoms with Gasteiger partial charge in [0.2, 0.25) is 0 Å². The first-order valence-corrected chi connectivity index (χ1v) is 6.79. The second-order valence-corrected chi connectivity index (χ2v) is 4.59. The van der Waals surface area contributed by atoms with Crippen LogP contribution in [0.2, 0.25) is 0 Å². The van der Waals surface area contributed by atoms with E-state index in [0.717, 1.165) is 28.2 Å². The number of ether oxygens (including phenoxy) is 2. The zero-order chi connectivity index (χ0) is 15.1. The molecular formula is C18H19NO2. The minimum Gasteiger partial charge on any atom is -0.496 e. The second-order valence-electron chi connectivity index (χ2n) is 4.59. The van der Waals surface area contributed by atoms with Gasteiger partial charge >= 0.3 is 0 Å². The lowest BCUT2D eigenvalue weighted by Gasteiger charge is -2.12. The highest BCUT2D eigenvalue weighted by Gasteiger charge is 2.06. The highest BCUT2D eigenvalue weighted by atomic mass is 16.5. The van der Waals surface area contributed by atoms with Crippen molar-refractivity contribution in [3.63, 3.8) is 0 Å². The highest BCUT2D eigenvalue weighted by molar-refractivity contribution is 5.44. The van der Waals surface area contributed by atoms with Crippen LogP contribution in [0.25, 0.3) is 0 Å². The van der Waals surface area contributed by atoms with E-state index in [1.54, 1.807) is 7.11 Å². The first-order valence-electron chi connectivity index (χ1n) is 6.79. The fourth-order valence-corrected chi connectivity index (χ4v) is 2.00. The lowest BCUT2D eigenvalue weighted by atomic mass is 10.1. The fraction of sp³-hybridized carbons (Fsp3) is 0.222. The summed E-state index contributed by atoms with van der Waals surface area (Å²) < 4.78 is 11.2. The molecule has 0 heterocycles. The molecule has 0 saturated carbocycles. The van der Waals surface area contributed by atoms with Gasteiger partial charge in [-0.05, 0) is 36.8 Å². The molecule has 108 valence electrons. The average molecular weight is 281 g/mol. The van der Waals surface area contributed by atoms with Gasteiger partial charge in [0.05, 0.1) is 13.7 Å². The Morgan fingerprint density at radius 3 is 2.62 bits per heavy atom. The number of rotatable bonds is 4. The molecule has 0 aliphatic carbocycles. The largest absolute Gasteiger partial charge is 0.496 e. The van der Waals surface area contributed by atoms with Gasteiger partial charge in [-0.3, -0.25) is 0 Å². The van der Waals surface area contributed by atoms with E-state index in [-0.39, 0.29) is 0 Å². The molecular weight excluding hydrogens is 262 g/mol. The molecule has 2 aromatic carbocycles. The molecule has 0 bridgehead atoms. The monoisotopic (exact) mass is 281 g/mol. The second kappa shape index (κ2) is 7.37. The van der Waals surface area contributed by atoms with Gasteiger partial charge in [-0.1, -0.05) is 30.0 Å².